The molecule has 114 valence electrons. The Kier molecular flexibility index (Phi) is 6.80. The normalized spacial score (nSPS) is 11.7. The van der Waals surface area contributed by atoms with Crippen molar-refractivity contribution < 1.29 is 4.74 Å². The maximum absolute atomic E-state index is 5.99. The van der Waals surface area contributed by atoms with Crippen molar-refractivity contribution in [1.29, 1.82) is 0 Å². The van der Waals surface area contributed by atoms with Crippen molar-refractivity contribution in [3.63, 3.8) is 0 Å². The van der Waals surface area contributed by atoms with Crippen molar-refractivity contribution in [2.24, 2.45) is 0 Å². The summed E-state index contributed by atoms with van der Waals surface area (Å²) in [5.41, 5.74) is 2.65. The van der Waals surface area contributed by atoms with Gasteiger partial charge in [0.15, 0.2) is 0 Å². The van der Waals surface area contributed by atoms with Crippen LogP contribution in [0.3, 0.4) is 0 Å². The second-order valence-corrected chi connectivity index (χ2v) is 11.2. The van der Waals surface area contributed by atoms with Crippen LogP contribution >= 0.6 is 0 Å². The van der Waals surface area contributed by atoms with Crippen LogP contribution in [0.4, 0.5) is 0 Å². The fourth-order valence-electron chi connectivity index (χ4n) is 3.17. The van der Waals surface area contributed by atoms with Crippen LogP contribution in [0, 0.1) is 13.8 Å². The smallest absolute Gasteiger partial charge is 0.125 e. The Hall–Kier alpha value is -0.763. The molecule has 0 N–H and O–H groups in total. The number of ether oxygens (including phenoxy) is 1. The van der Waals surface area contributed by atoms with Crippen molar-refractivity contribution >= 4 is 13.3 Å². The standard InChI is InChI=1S/C18H32OSi/c1-7-11-12-19-18-15(5)13-17(14-16(18)6)20(8-2,9-3)10-4/h13-14H,7-12H2,1-6H3. The van der Waals surface area contributed by atoms with Crippen molar-refractivity contribution in [2.75, 3.05) is 6.61 Å². The van der Waals surface area contributed by atoms with Gasteiger partial charge in [-0.25, -0.2) is 0 Å². The summed E-state index contributed by atoms with van der Waals surface area (Å²) in [6, 6.07) is 8.85. The monoisotopic (exact) mass is 292 g/mol. The molecule has 0 aliphatic carbocycles. The lowest BCUT2D eigenvalue weighted by Crippen LogP contribution is -2.46. The highest BCUT2D eigenvalue weighted by molar-refractivity contribution is 6.91. The maximum atomic E-state index is 5.99. The van der Waals surface area contributed by atoms with Crippen LogP contribution in [0.5, 0.6) is 5.75 Å². The van der Waals surface area contributed by atoms with Gasteiger partial charge in [-0.2, -0.15) is 0 Å². The molecule has 1 aromatic rings. The molecule has 20 heavy (non-hydrogen) atoms. The highest BCUT2D eigenvalue weighted by Gasteiger charge is 2.29. The minimum Gasteiger partial charge on any atom is -0.493 e. The van der Waals surface area contributed by atoms with Gasteiger partial charge in [0, 0.05) is 0 Å². The lowest BCUT2D eigenvalue weighted by molar-refractivity contribution is 0.305. The SMILES string of the molecule is CCCCOc1c(C)cc([Si](CC)(CC)CC)cc1C. The predicted molar refractivity (Wildman–Crippen MR) is 93.2 cm³/mol. The number of unbranched alkanes of at least 4 members (excludes halogenated alkanes) is 1. The van der Waals surface area contributed by atoms with E-state index >= 15 is 0 Å². The van der Waals surface area contributed by atoms with Crippen LogP contribution in [-0.4, -0.2) is 14.7 Å². The molecule has 0 unspecified atom stereocenters. The molecule has 0 saturated heterocycles. The summed E-state index contributed by atoms with van der Waals surface area (Å²) in [5, 5.41) is 1.63. The zero-order valence-corrected chi connectivity index (χ0v) is 15.3. The maximum Gasteiger partial charge on any atom is 0.125 e. The molecule has 1 nitrogen and oxygen atoms in total. The third-order valence-electron chi connectivity index (χ3n) is 4.85. The Balaban J connectivity index is 3.09. The van der Waals surface area contributed by atoms with E-state index in [0.29, 0.717) is 0 Å². The quantitative estimate of drug-likeness (QED) is 0.473. The molecule has 0 spiro atoms. The van der Waals surface area contributed by atoms with Crippen LogP contribution in [0.15, 0.2) is 12.1 Å². The molecule has 0 radical (unpaired) electrons. The lowest BCUT2D eigenvalue weighted by Gasteiger charge is -2.30. The van der Waals surface area contributed by atoms with Gasteiger partial charge >= 0.3 is 0 Å². The minimum absolute atomic E-state index is 0.843. The third-order valence-corrected chi connectivity index (χ3v) is 10.4. The average molecular weight is 293 g/mol. The lowest BCUT2D eigenvalue weighted by atomic mass is 10.1. The summed E-state index contributed by atoms with van der Waals surface area (Å²) in [7, 11) is -1.27. The van der Waals surface area contributed by atoms with Gasteiger partial charge in [-0.1, -0.05) is 69.6 Å². The van der Waals surface area contributed by atoms with Gasteiger partial charge < -0.3 is 4.74 Å². The van der Waals surface area contributed by atoms with Crippen molar-refractivity contribution in [1.82, 2.24) is 0 Å². The van der Waals surface area contributed by atoms with Gasteiger partial charge in [0.2, 0.25) is 0 Å². The van der Waals surface area contributed by atoms with Crippen LogP contribution in [0.1, 0.15) is 51.7 Å². The van der Waals surface area contributed by atoms with Crippen molar-refractivity contribution in [2.45, 2.75) is 72.5 Å². The summed E-state index contributed by atoms with van der Waals surface area (Å²) in [4.78, 5) is 0. The number of aryl methyl sites for hydroxylation is 2. The summed E-state index contributed by atoms with van der Waals surface area (Å²) < 4.78 is 5.99. The minimum atomic E-state index is -1.27. The Morgan fingerprint density at radius 1 is 0.900 bits per heavy atom. The van der Waals surface area contributed by atoms with E-state index in [1.807, 2.05) is 0 Å². The molecular weight excluding hydrogens is 260 g/mol. The van der Waals surface area contributed by atoms with E-state index in [0.717, 1.165) is 18.8 Å². The van der Waals surface area contributed by atoms with Gasteiger partial charge in [0.05, 0.1) is 14.7 Å². The molecule has 1 rings (SSSR count). The van der Waals surface area contributed by atoms with Crippen LogP contribution in [-0.2, 0) is 0 Å². The second kappa shape index (κ2) is 7.87. The van der Waals surface area contributed by atoms with E-state index < -0.39 is 8.07 Å². The predicted octanol–water partition coefficient (Wildman–Crippen LogP) is 5.20. The molecule has 0 bridgehead atoms. The number of rotatable bonds is 8. The van der Waals surface area contributed by atoms with Crippen LogP contribution in [0.25, 0.3) is 0 Å². The molecule has 0 aromatic heterocycles. The number of hydrogen-bond donors (Lipinski definition) is 0. The van der Waals surface area contributed by atoms with Gasteiger partial charge in [0.1, 0.15) is 5.75 Å². The van der Waals surface area contributed by atoms with E-state index in [2.05, 4.69) is 53.7 Å². The molecule has 0 atom stereocenters. The molecule has 0 fully saturated rings. The van der Waals surface area contributed by atoms with Gasteiger partial charge in [-0.15, -0.1) is 0 Å². The molecule has 0 aliphatic rings. The molecule has 2 heteroatoms. The zero-order valence-electron chi connectivity index (χ0n) is 14.3. The van der Waals surface area contributed by atoms with Crippen LogP contribution < -0.4 is 9.92 Å². The molecular formula is C18H32OSi. The topological polar surface area (TPSA) is 9.23 Å². The number of hydrogen-bond acceptors (Lipinski definition) is 1. The fraction of sp³-hybridized carbons (Fsp3) is 0.667. The van der Waals surface area contributed by atoms with E-state index in [1.165, 1.54) is 35.7 Å². The summed E-state index contributed by atoms with van der Waals surface area (Å²) in [6.45, 7) is 14.6. The van der Waals surface area contributed by atoms with E-state index in [9.17, 15) is 0 Å². The first-order chi connectivity index (χ1) is 9.54. The highest BCUT2D eigenvalue weighted by atomic mass is 28.3. The van der Waals surface area contributed by atoms with Crippen molar-refractivity contribution in [3.05, 3.63) is 23.3 Å². The Bertz CT molecular complexity index is 390. The molecule has 0 aliphatic heterocycles. The first-order valence-electron chi connectivity index (χ1n) is 8.29. The third kappa shape index (κ3) is 3.66. The Morgan fingerprint density at radius 3 is 1.80 bits per heavy atom. The summed E-state index contributed by atoms with van der Waals surface area (Å²) in [6.07, 6.45) is 2.33. The fourth-order valence-corrected chi connectivity index (χ4v) is 6.94. The largest absolute Gasteiger partial charge is 0.493 e. The highest BCUT2D eigenvalue weighted by Crippen LogP contribution is 2.27. The van der Waals surface area contributed by atoms with Gasteiger partial charge in [-0.3, -0.25) is 0 Å². The van der Waals surface area contributed by atoms with E-state index in [-0.39, 0.29) is 0 Å². The van der Waals surface area contributed by atoms with Crippen LogP contribution in [0.2, 0.25) is 18.1 Å². The van der Waals surface area contributed by atoms with Gasteiger partial charge in [-0.05, 0) is 31.4 Å². The zero-order chi connectivity index (χ0) is 15.2. The molecule has 0 saturated carbocycles. The first-order valence-corrected chi connectivity index (χ1v) is 10.9. The number of benzene rings is 1. The van der Waals surface area contributed by atoms with E-state index in [1.54, 1.807) is 5.19 Å². The average Bonchev–Trinajstić information content (AvgIpc) is 2.44. The summed E-state index contributed by atoms with van der Waals surface area (Å²) in [5.74, 6) is 1.12. The molecule has 1 aromatic carbocycles. The summed E-state index contributed by atoms with van der Waals surface area (Å²) >= 11 is 0. The molecule has 0 heterocycles. The Morgan fingerprint density at radius 2 is 1.40 bits per heavy atom. The Labute approximate surface area is 126 Å². The van der Waals surface area contributed by atoms with Gasteiger partial charge in [0.25, 0.3) is 0 Å². The second-order valence-electron chi connectivity index (χ2n) is 5.98. The molecule has 0 amide bonds. The first kappa shape index (κ1) is 17.3. The van der Waals surface area contributed by atoms with Crippen molar-refractivity contribution in [3.8, 4) is 5.75 Å². The van der Waals surface area contributed by atoms with E-state index in [4.69, 9.17) is 4.74 Å².